The van der Waals surface area contributed by atoms with E-state index in [0.29, 0.717) is 45.6 Å². The van der Waals surface area contributed by atoms with Gasteiger partial charge in [0.2, 0.25) is 11.7 Å². The van der Waals surface area contributed by atoms with E-state index in [1.165, 1.54) is 24.7 Å². The highest BCUT2D eigenvalue weighted by molar-refractivity contribution is 5.97. The highest BCUT2D eigenvalue weighted by Gasteiger charge is 2.24. The molecule has 6 aromatic rings. The summed E-state index contributed by atoms with van der Waals surface area (Å²) in [5, 5.41) is 7.06. The molecule has 0 saturated carbocycles. The summed E-state index contributed by atoms with van der Waals surface area (Å²) in [5.74, 6) is 0.696. The lowest BCUT2D eigenvalue weighted by molar-refractivity contribution is -0.155. The summed E-state index contributed by atoms with van der Waals surface area (Å²) >= 11 is 0. The van der Waals surface area contributed by atoms with E-state index in [0.717, 1.165) is 22.3 Å². The number of rotatable bonds is 13. The second-order valence-corrected chi connectivity index (χ2v) is 14.3. The van der Waals surface area contributed by atoms with Gasteiger partial charge in [-0.3, -0.25) is 14.4 Å². The van der Waals surface area contributed by atoms with Gasteiger partial charge in [-0.2, -0.15) is 4.98 Å². The lowest BCUT2D eigenvalue weighted by Crippen LogP contribution is -2.38. The SMILES string of the molecule is COc1cccc(OC)c1CC(=O)Nc1ccc(C(=O)N(CC(=O)OC(C)(C)C)Cc2ccc(-c3nc(-c4ccc(-c5ccc(C)cc5)cc4)no3)cc2)cc1. The summed E-state index contributed by atoms with van der Waals surface area (Å²) in [5.41, 5.74) is 6.45. The first-order valence-electron chi connectivity index (χ1n) is 18.1. The number of benzene rings is 5. The number of ether oxygens (including phenoxy) is 3. The summed E-state index contributed by atoms with van der Waals surface area (Å²) in [6, 6.07) is 35.5. The van der Waals surface area contributed by atoms with E-state index in [2.05, 4.69) is 46.6 Å². The van der Waals surface area contributed by atoms with Crippen LogP contribution in [0.2, 0.25) is 0 Å². The monoisotopic (exact) mass is 752 g/mol. The lowest BCUT2D eigenvalue weighted by Gasteiger charge is -2.25. The fourth-order valence-corrected chi connectivity index (χ4v) is 6.06. The third kappa shape index (κ3) is 9.86. The number of hydrogen-bond acceptors (Lipinski definition) is 9. The molecule has 1 aromatic heterocycles. The van der Waals surface area contributed by atoms with Gasteiger partial charge in [0.05, 0.1) is 20.6 Å². The smallest absolute Gasteiger partial charge is 0.326 e. The first-order valence-corrected chi connectivity index (χ1v) is 18.1. The van der Waals surface area contributed by atoms with Crippen LogP contribution in [0.5, 0.6) is 11.5 Å². The van der Waals surface area contributed by atoms with Crippen LogP contribution in [-0.4, -0.2) is 59.2 Å². The molecule has 0 atom stereocenters. The number of aryl methyl sites for hydroxylation is 1. The molecule has 2 amide bonds. The number of methoxy groups -OCH3 is 2. The van der Waals surface area contributed by atoms with Gasteiger partial charge >= 0.3 is 5.97 Å². The molecule has 0 bridgehead atoms. The first-order chi connectivity index (χ1) is 26.9. The molecular formula is C45H44N4O7. The van der Waals surface area contributed by atoms with Gasteiger partial charge < -0.3 is 29.0 Å². The molecule has 56 heavy (non-hydrogen) atoms. The van der Waals surface area contributed by atoms with Crippen LogP contribution in [0.3, 0.4) is 0 Å². The summed E-state index contributed by atoms with van der Waals surface area (Å²) < 4.78 is 22.0. The Kier molecular flexibility index (Phi) is 11.9. The predicted molar refractivity (Wildman–Crippen MR) is 214 cm³/mol. The van der Waals surface area contributed by atoms with Crippen LogP contribution in [0.4, 0.5) is 5.69 Å². The fourth-order valence-electron chi connectivity index (χ4n) is 6.06. The zero-order chi connectivity index (χ0) is 39.8. The molecule has 0 spiro atoms. The molecular weight excluding hydrogens is 709 g/mol. The van der Waals surface area contributed by atoms with Crippen molar-refractivity contribution in [1.82, 2.24) is 15.0 Å². The summed E-state index contributed by atoms with van der Waals surface area (Å²) in [4.78, 5) is 45.9. The van der Waals surface area contributed by atoms with E-state index in [9.17, 15) is 14.4 Å². The molecule has 286 valence electrons. The first kappa shape index (κ1) is 39.0. The predicted octanol–water partition coefficient (Wildman–Crippen LogP) is 8.56. The van der Waals surface area contributed by atoms with Gasteiger partial charge in [0.25, 0.3) is 11.8 Å². The fraction of sp³-hybridized carbons (Fsp3) is 0.222. The van der Waals surface area contributed by atoms with E-state index in [1.807, 2.05) is 48.5 Å². The zero-order valence-corrected chi connectivity index (χ0v) is 32.3. The minimum atomic E-state index is -0.729. The number of esters is 1. The molecule has 6 rings (SSSR count). The maximum Gasteiger partial charge on any atom is 0.326 e. The van der Waals surface area contributed by atoms with Crippen LogP contribution in [0.1, 0.15) is 47.8 Å². The molecule has 0 aliphatic rings. The van der Waals surface area contributed by atoms with Crippen LogP contribution in [-0.2, 0) is 27.3 Å². The molecule has 1 heterocycles. The Morgan fingerprint density at radius 3 is 1.89 bits per heavy atom. The quantitative estimate of drug-likeness (QED) is 0.115. The summed E-state index contributed by atoms with van der Waals surface area (Å²) in [6.45, 7) is 7.24. The van der Waals surface area contributed by atoms with Gasteiger partial charge in [-0.25, -0.2) is 0 Å². The van der Waals surface area contributed by atoms with Gasteiger partial charge in [-0.1, -0.05) is 77.5 Å². The molecule has 1 N–H and O–H groups in total. The molecule has 0 aliphatic carbocycles. The Hall–Kier alpha value is -6.75. The van der Waals surface area contributed by atoms with E-state index in [1.54, 1.807) is 63.2 Å². The molecule has 0 unspecified atom stereocenters. The van der Waals surface area contributed by atoms with Crippen molar-refractivity contribution in [2.45, 2.75) is 46.3 Å². The van der Waals surface area contributed by atoms with Gasteiger partial charge in [-0.15, -0.1) is 0 Å². The van der Waals surface area contributed by atoms with Gasteiger partial charge in [0, 0.05) is 34.5 Å². The maximum absolute atomic E-state index is 13.9. The molecule has 0 radical (unpaired) electrons. The highest BCUT2D eigenvalue weighted by atomic mass is 16.6. The van der Waals surface area contributed by atoms with Crippen LogP contribution in [0, 0.1) is 6.92 Å². The number of anilines is 1. The minimum Gasteiger partial charge on any atom is -0.496 e. The van der Waals surface area contributed by atoms with Crippen molar-refractivity contribution in [3.05, 3.63) is 138 Å². The highest BCUT2D eigenvalue weighted by Crippen LogP contribution is 2.30. The second-order valence-electron chi connectivity index (χ2n) is 14.3. The average molecular weight is 753 g/mol. The van der Waals surface area contributed by atoms with Crippen molar-refractivity contribution in [3.63, 3.8) is 0 Å². The standard InChI is InChI=1S/C45H44N4O7/c1-29-10-14-31(15-11-29)32-18-20-33(21-19-32)42-47-43(56-48-42)34-16-12-30(13-17-34)27-49(28-41(51)55-45(2,3)4)44(52)35-22-24-36(25-23-35)46-40(50)26-37-38(53-5)8-7-9-39(37)54-6/h7-25H,26-28H2,1-6H3,(H,46,50). The Bertz CT molecular complexity index is 2270. The number of nitrogens with one attached hydrogen (secondary N) is 1. The Morgan fingerprint density at radius 1 is 0.732 bits per heavy atom. The second kappa shape index (κ2) is 17.2. The molecule has 0 fully saturated rings. The minimum absolute atomic E-state index is 0.0206. The zero-order valence-electron chi connectivity index (χ0n) is 32.3. The van der Waals surface area contributed by atoms with Crippen LogP contribution in [0.25, 0.3) is 34.0 Å². The molecule has 0 saturated heterocycles. The van der Waals surface area contributed by atoms with Crippen molar-refractivity contribution in [2.75, 3.05) is 26.1 Å². The van der Waals surface area contributed by atoms with E-state index < -0.39 is 11.6 Å². The third-order valence-electron chi connectivity index (χ3n) is 8.84. The number of hydrogen-bond donors (Lipinski definition) is 1. The lowest BCUT2D eigenvalue weighted by atomic mass is 10.0. The topological polar surface area (TPSA) is 133 Å². The van der Waals surface area contributed by atoms with Crippen molar-refractivity contribution >= 4 is 23.5 Å². The third-order valence-corrected chi connectivity index (χ3v) is 8.84. The van der Waals surface area contributed by atoms with Crippen molar-refractivity contribution < 1.29 is 33.1 Å². The summed E-state index contributed by atoms with van der Waals surface area (Å²) in [6.07, 6.45) is 0.0206. The average Bonchev–Trinajstić information content (AvgIpc) is 3.68. The van der Waals surface area contributed by atoms with Crippen molar-refractivity contribution in [3.8, 4) is 45.5 Å². The van der Waals surface area contributed by atoms with E-state index in [4.69, 9.17) is 18.7 Å². The number of amides is 2. The molecule has 0 aliphatic heterocycles. The number of aromatic nitrogens is 2. The largest absolute Gasteiger partial charge is 0.496 e. The van der Waals surface area contributed by atoms with Crippen molar-refractivity contribution in [1.29, 1.82) is 0 Å². The maximum atomic E-state index is 13.9. The van der Waals surface area contributed by atoms with Crippen LogP contribution < -0.4 is 14.8 Å². The van der Waals surface area contributed by atoms with Crippen LogP contribution >= 0.6 is 0 Å². The van der Waals surface area contributed by atoms with Gasteiger partial charge in [0.15, 0.2) is 0 Å². The Labute approximate surface area is 326 Å². The van der Waals surface area contributed by atoms with Gasteiger partial charge in [-0.05, 0) is 92.9 Å². The van der Waals surface area contributed by atoms with E-state index >= 15 is 0 Å². The molecule has 5 aromatic carbocycles. The number of carbonyl (C=O) groups excluding carboxylic acids is 3. The Morgan fingerprint density at radius 2 is 1.30 bits per heavy atom. The number of carbonyl (C=O) groups is 3. The van der Waals surface area contributed by atoms with Gasteiger partial charge in [0.1, 0.15) is 23.6 Å². The van der Waals surface area contributed by atoms with Crippen molar-refractivity contribution in [2.24, 2.45) is 0 Å². The number of nitrogens with zero attached hydrogens (tertiary/aromatic N) is 3. The molecule has 11 nitrogen and oxygen atoms in total. The molecule has 11 heteroatoms. The van der Waals surface area contributed by atoms with E-state index in [-0.39, 0.29) is 31.3 Å². The van der Waals surface area contributed by atoms with Crippen LogP contribution in [0.15, 0.2) is 120 Å². The summed E-state index contributed by atoms with van der Waals surface area (Å²) in [7, 11) is 3.07. The normalized spacial score (nSPS) is 11.1. The Balaban J connectivity index is 1.13.